The maximum absolute atomic E-state index is 6.28. The number of hydrogen-bond acceptors (Lipinski definition) is 4. The first-order valence-electron chi connectivity index (χ1n) is 8.90. The lowest BCUT2D eigenvalue weighted by Gasteiger charge is -2.32. The van der Waals surface area contributed by atoms with Crippen molar-refractivity contribution in [3.63, 3.8) is 0 Å². The van der Waals surface area contributed by atoms with Crippen molar-refractivity contribution >= 4 is 12.6 Å². The van der Waals surface area contributed by atoms with E-state index < -0.39 is 0 Å². The molecule has 3 aliphatic rings. The van der Waals surface area contributed by atoms with Crippen LogP contribution >= 0.6 is 0 Å². The van der Waals surface area contributed by atoms with Gasteiger partial charge in [-0.3, -0.25) is 4.68 Å². The summed E-state index contributed by atoms with van der Waals surface area (Å²) in [5.41, 5.74) is 1.58. The van der Waals surface area contributed by atoms with Gasteiger partial charge < -0.3 is 14.0 Å². The summed E-state index contributed by atoms with van der Waals surface area (Å²) in [7, 11) is -0.329. The Bertz CT molecular complexity index is 573. The molecule has 1 unspecified atom stereocenters. The summed E-state index contributed by atoms with van der Waals surface area (Å²) < 4.78 is 20.3. The molecule has 0 spiro atoms. The highest BCUT2D eigenvalue weighted by molar-refractivity contribution is 6.62. The van der Waals surface area contributed by atoms with Crippen LogP contribution in [0.2, 0.25) is 0 Å². The minimum absolute atomic E-state index is 0.320. The molecule has 1 aliphatic carbocycles. The van der Waals surface area contributed by atoms with Crippen LogP contribution in [0.15, 0.2) is 6.20 Å². The van der Waals surface area contributed by atoms with Crippen molar-refractivity contribution in [3.8, 4) is 0 Å². The van der Waals surface area contributed by atoms with E-state index >= 15 is 0 Å². The molecule has 6 heteroatoms. The second kappa shape index (κ2) is 5.33. The Hall–Kier alpha value is -0.845. The zero-order valence-electron chi connectivity index (χ0n) is 14.7. The van der Waals surface area contributed by atoms with Gasteiger partial charge in [0, 0.05) is 24.2 Å². The Kier molecular flexibility index (Phi) is 3.63. The van der Waals surface area contributed by atoms with Gasteiger partial charge in [0.1, 0.15) is 0 Å². The van der Waals surface area contributed by atoms with E-state index in [1.165, 1.54) is 19.3 Å². The Morgan fingerprint density at radius 3 is 2.35 bits per heavy atom. The van der Waals surface area contributed by atoms with Crippen LogP contribution in [0.3, 0.4) is 0 Å². The normalized spacial score (nSPS) is 29.9. The second-order valence-electron chi connectivity index (χ2n) is 8.18. The average Bonchev–Trinajstić information content (AvgIpc) is 3.06. The Morgan fingerprint density at radius 1 is 1.13 bits per heavy atom. The Labute approximate surface area is 138 Å². The van der Waals surface area contributed by atoms with Gasteiger partial charge in [-0.15, -0.1) is 0 Å². The lowest BCUT2D eigenvalue weighted by atomic mass is 9.76. The van der Waals surface area contributed by atoms with Gasteiger partial charge in [-0.2, -0.15) is 5.10 Å². The number of hydrogen-bond donors (Lipinski definition) is 0. The highest BCUT2D eigenvalue weighted by atomic mass is 16.7. The number of aromatic nitrogens is 2. The smallest absolute Gasteiger partial charge is 0.399 e. The molecular weight excluding hydrogens is 291 g/mol. The molecule has 3 heterocycles. The molecule has 4 rings (SSSR count). The van der Waals surface area contributed by atoms with Gasteiger partial charge in [-0.05, 0) is 53.4 Å². The van der Waals surface area contributed by atoms with E-state index in [0.29, 0.717) is 12.0 Å². The van der Waals surface area contributed by atoms with Crippen molar-refractivity contribution in [2.75, 3.05) is 13.2 Å². The number of ether oxygens (including phenoxy) is 1. The van der Waals surface area contributed by atoms with Crippen LogP contribution in [-0.2, 0) is 14.0 Å². The minimum Gasteiger partial charge on any atom is -0.399 e. The van der Waals surface area contributed by atoms with Gasteiger partial charge in [0.05, 0.1) is 29.5 Å². The predicted molar refractivity (Wildman–Crippen MR) is 89.0 cm³/mol. The van der Waals surface area contributed by atoms with Crippen LogP contribution in [0.25, 0.3) is 0 Å². The van der Waals surface area contributed by atoms with Gasteiger partial charge in [-0.25, -0.2) is 0 Å². The van der Waals surface area contributed by atoms with E-state index in [4.69, 9.17) is 19.1 Å². The summed E-state index contributed by atoms with van der Waals surface area (Å²) in [4.78, 5) is 0. The largest absolute Gasteiger partial charge is 0.498 e. The van der Waals surface area contributed by atoms with Gasteiger partial charge in [0.2, 0.25) is 0 Å². The highest BCUT2D eigenvalue weighted by Crippen LogP contribution is 2.38. The molecule has 2 aliphatic heterocycles. The van der Waals surface area contributed by atoms with Crippen molar-refractivity contribution in [1.82, 2.24) is 9.78 Å². The molecule has 3 fully saturated rings. The maximum Gasteiger partial charge on any atom is 0.498 e. The van der Waals surface area contributed by atoms with Crippen LogP contribution in [-0.4, -0.2) is 41.3 Å². The third-order valence-corrected chi connectivity index (χ3v) is 6.06. The molecular formula is C17H27BN2O3. The summed E-state index contributed by atoms with van der Waals surface area (Å²) in [6.07, 6.45) is 6.96. The molecule has 0 amide bonds. The maximum atomic E-state index is 6.28. The standard InChI is InChI=1S/C17H27BN2O3/c1-16(2)17(3,4)23-18(22-16)14-10-20(13-6-5-7-13)19-15(14)12-8-9-21-11-12/h10,12-13H,5-9,11H2,1-4H3. The van der Waals surface area contributed by atoms with Crippen molar-refractivity contribution in [3.05, 3.63) is 11.9 Å². The zero-order valence-corrected chi connectivity index (χ0v) is 14.7. The molecule has 1 atom stereocenters. The molecule has 1 saturated carbocycles. The lowest BCUT2D eigenvalue weighted by molar-refractivity contribution is 0.00578. The van der Waals surface area contributed by atoms with E-state index in [2.05, 4.69) is 38.6 Å². The average molecular weight is 318 g/mol. The van der Waals surface area contributed by atoms with E-state index in [-0.39, 0.29) is 18.3 Å². The van der Waals surface area contributed by atoms with E-state index in [1.807, 2.05) is 0 Å². The summed E-state index contributed by atoms with van der Waals surface area (Å²) >= 11 is 0. The minimum atomic E-state index is -0.329. The molecule has 0 radical (unpaired) electrons. The topological polar surface area (TPSA) is 45.5 Å². The van der Waals surface area contributed by atoms with E-state index in [0.717, 1.165) is 30.8 Å². The first kappa shape index (κ1) is 15.7. The quantitative estimate of drug-likeness (QED) is 0.803. The van der Waals surface area contributed by atoms with Gasteiger partial charge >= 0.3 is 7.12 Å². The van der Waals surface area contributed by atoms with Gasteiger partial charge in [0.25, 0.3) is 0 Å². The van der Waals surface area contributed by atoms with Crippen LogP contribution in [0.4, 0.5) is 0 Å². The van der Waals surface area contributed by atoms with Crippen LogP contribution in [0, 0.1) is 0 Å². The van der Waals surface area contributed by atoms with E-state index in [1.54, 1.807) is 0 Å². The SMILES string of the molecule is CC1(C)OB(c2cn(C3CCC3)nc2C2CCOC2)OC1(C)C. The highest BCUT2D eigenvalue weighted by Gasteiger charge is 2.53. The van der Waals surface area contributed by atoms with Crippen molar-refractivity contribution in [2.45, 2.75) is 76.5 Å². The Morgan fingerprint density at radius 2 is 1.83 bits per heavy atom. The fourth-order valence-corrected chi connectivity index (χ4v) is 3.48. The number of nitrogens with zero attached hydrogens (tertiary/aromatic N) is 2. The summed E-state index contributed by atoms with van der Waals surface area (Å²) in [6, 6.07) is 0.548. The van der Waals surface area contributed by atoms with Crippen LogP contribution in [0.1, 0.15) is 71.0 Å². The summed E-state index contributed by atoms with van der Waals surface area (Å²) in [5, 5.41) is 4.93. The zero-order chi connectivity index (χ0) is 16.2. The van der Waals surface area contributed by atoms with Crippen LogP contribution in [0.5, 0.6) is 0 Å². The molecule has 1 aromatic rings. The van der Waals surface area contributed by atoms with Gasteiger partial charge in [-0.1, -0.05) is 0 Å². The van der Waals surface area contributed by atoms with Gasteiger partial charge in [0.15, 0.2) is 0 Å². The summed E-state index contributed by atoms with van der Waals surface area (Å²) in [6.45, 7) is 9.98. The van der Waals surface area contributed by atoms with Crippen molar-refractivity contribution in [1.29, 1.82) is 0 Å². The third-order valence-electron chi connectivity index (χ3n) is 6.06. The molecule has 0 N–H and O–H groups in total. The molecule has 23 heavy (non-hydrogen) atoms. The first-order valence-corrected chi connectivity index (χ1v) is 8.90. The number of rotatable bonds is 3. The molecule has 5 nitrogen and oxygen atoms in total. The molecule has 2 saturated heterocycles. The van der Waals surface area contributed by atoms with Crippen molar-refractivity contribution < 1.29 is 14.0 Å². The fraction of sp³-hybridized carbons (Fsp3) is 0.824. The second-order valence-corrected chi connectivity index (χ2v) is 8.18. The monoisotopic (exact) mass is 318 g/mol. The molecule has 0 bridgehead atoms. The predicted octanol–water partition coefficient (Wildman–Crippen LogP) is 2.41. The van der Waals surface area contributed by atoms with Crippen molar-refractivity contribution in [2.24, 2.45) is 0 Å². The first-order chi connectivity index (χ1) is 10.9. The summed E-state index contributed by atoms with van der Waals surface area (Å²) in [5.74, 6) is 0.366. The molecule has 126 valence electrons. The molecule has 1 aromatic heterocycles. The molecule has 0 aromatic carbocycles. The van der Waals surface area contributed by atoms with Crippen LogP contribution < -0.4 is 5.46 Å². The Balaban J connectivity index is 1.67. The lowest BCUT2D eigenvalue weighted by Crippen LogP contribution is -2.41. The third kappa shape index (κ3) is 2.55. The fourth-order valence-electron chi connectivity index (χ4n) is 3.48. The van der Waals surface area contributed by atoms with E-state index in [9.17, 15) is 0 Å².